The van der Waals surface area contributed by atoms with E-state index in [1.165, 1.54) is 29.7 Å². The summed E-state index contributed by atoms with van der Waals surface area (Å²) in [5.74, 6) is 0.923. The van der Waals surface area contributed by atoms with Gasteiger partial charge in [0.1, 0.15) is 6.04 Å². The Morgan fingerprint density at radius 3 is 2.48 bits per heavy atom. The van der Waals surface area contributed by atoms with Crippen molar-refractivity contribution in [2.75, 3.05) is 0 Å². The standard InChI is InChI=1S/C26H28ClN5S/c27-23-15-8-7-12-21(23)19-31(18-20-10-3-1-4-11-20)25(24-16-9-17-33-24)26-28-29-30-32(26)22-13-5-2-6-14-22/h1,3-4,7-12,15-17,22,25H,2,5-6,13-14,18-19H2/t25-/m1/s1. The molecule has 0 amide bonds. The van der Waals surface area contributed by atoms with Crippen LogP contribution in [0, 0.1) is 0 Å². The third-order valence-corrected chi connectivity index (χ3v) is 7.71. The van der Waals surface area contributed by atoms with Crippen molar-refractivity contribution < 1.29 is 0 Å². The highest BCUT2D eigenvalue weighted by molar-refractivity contribution is 7.10. The van der Waals surface area contributed by atoms with E-state index in [1.54, 1.807) is 11.3 Å². The van der Waals surface area contributed by atoms with Crippen LogP contribution in [0.4, 0.5) is 0 Å². The van der Waals surface area contributed by atoms with Gasteiger partial charge in [0, 0.05) is 23.0 Å². The fourth-order valence-corrected chi connectivity index (χ4v) is 5.84. The van der Waals surface area contributed by atoms with E-state index in [1.807, 2.05) is 18.2 Å². The average molecular weight is 478 g/mol. The van der Waals surface area contributed by atoms with Gasteiger partial charge in [0.25, 0.3) is 0 Å². The van der Waals surface area contributed by atoms with Crippen LogP contribution in [-0.2, 0) is 13.1 Å². The fourth-order valence-electron chi connectivity index (χ4n) is 4.79. The van der Waals surface area contributed by atoms with E-state index in [0.717, 1.165) is 35.8 Å². The molecule has 2 heterocycles. The zero-order chi connectivity index (χ0) is 22.5. The molecule has 0 aliphatic heterocycles. The average Bonchev–Trinajstić information content (AvgIpc) is 3.55. The second kappa shape index (κ2) is 10.6. The summed E-state index contributed by atoms with van der Waals surface area (Å²) in [6.45, 7) is 1.47. The Hall–Kier alpha value is -2.54. The van der Waals surface area contributed by atoms with Gasteiger partial charge in [0.2, 0.25) is 0 Å². The maximum absolute atomic E-state index is 6.61. The van der Waals surface area contributed by atoms with Crippen molar-refractivity contribution in [1.29, 1.82) is 0 Å². The molecule has 0 spiro atoms. The first-order valence-corrected chi connectivity index (χ1v) is 12.9. The van der Waals surface area contributed by atoms with Crippen LogP contribution < -0.4 is 0 Å². The number of nitrogens with zero attached hydrogens (tertiary/aromatic N) is 5. The van der Waals surface area contributed by atoms with E-state index >= 15 is 0 Å². The smallest absolute Gasteiger partial charge is 0.174 e. The second-order valence-electron chi connectivity index (χ2n) is 8.67. The van der Waals surface area contributed by atoms with Gasteiger partial charge in [-0.3, -0.25) is 4.90 Å². The molecular formula is C26H28ClN5S. The largest absolute Gasteiger partial charge is 0.280 e. The quantitative estimate of drug-likeness (QED) is 0.284. The van der Waals surface area contributed by atoms with Crippen molar-refractivity contribution in [3.8, 4) is 0 Å². The summed E-state index contributed by atoms with van der Waals surface area (Å²) in [5.41, 5.74) is 2.36. The Labute approximate surface area is 204 Å². The predicted octanol–water partition coefficient (Wildman–Crippen LogP) is 6.69. The van der Waals surface area contributed by atoms with Crippen molar-refractivity contribution >= 4 is 22.9 Å². The van der Waals surface area contributed by atoms with Gasteiger partial charge < -0.3 is 0 Å². The van der Waals surface area contributed by atoms with Crippen LogP contribution in [0.3, 0.4) is 0 Å². The van der Waals surface area contributed by atoms with Gasteiger partial charge in [-0.05, 0) is 51.9 Å². The van der Waals surface area contributed by atoms with Gasteiger partial charge in [-0.25, -0.2) is 4.68 Å². The summed E-state index contributed by atoms with van der Waals surface area (Å²) in [7, 11) is 0. The summed E-state index contributed by atoms with van der Waals surface area (Å²) in [5, 5.41) is 16.2. The summed E-state index contributed by atoms with van der Waals surface area (Å²) in [4.78, 5) is 3.69. The molecule has 1 fully saturated rings. The molecular weight excluding hydrogens is 450 g/mol. The van der Waals surface area contributed by atoms with Gasteiger partial charge in [0.15, 0.2) is 5.82 Å². The molecule has 5 rings (SSSR count). The third kappa shape index (κ3) is 5.18. The summed E-state index contributed by atoms with van der Waals surface area (Å²) >= 11 is 8.36. The predicted molar refractivity (Wildman–Crippen MR) is 133 cm³/mol. The van der Waals surface area contributed by atoms with E-state index in [9.17, 15) is 0 Å². The monoisotopic (exact) mass is 477 g/mol. The zero-order valence-electron chi connectivity index (χ0n) is 18.6. The minimum atomic E-state index is -0.0570. The van der Waals surface area contributed by atoms with Gasteiger partial charge >= 0.3 is 0 Å². The van der Waals surface area contributed by atoms with Crippen molar-refractivity contribution in [3.63, 3.8) is 0 Å². The molecule has 0 bridgehead atoms. The molecule has 33 heavy (non-hydrogen) atoms. The number of halogens is 1. The Morgan fingerprint density at radius 2 is 1.73 bits per heavy atom. The van der Waals surface area contributed by atoms with Crippen LogP contribution in [-0.4, -0.2) is 25.1 Å². The molecule has 170 valence electrons. The van der Waals surface area contributed by atoms with Crippen LogP contribution in [0.1, 0.15) is 66.0 Å². The van der Waals surface area contributed by atoms with E-state index < -0.39 is 0 Å². The van der Waals surface area contributed by atoms with Gasteiger partial charge in [-0.15, -0.1) is 16.4 Å². The molecule has 5 nitrogen and oxygen atoms in total. The second-order valence-corrected chi connectivity index (χ2v) is 10.1. The Kier molecular flexibility index (Phi) is 7.15. The first kappa shape index (κ1) is 22.3. The molecule has 1 aliphatic carbocycles. The van der Waals surface area contributed by atoms with Crippen molar-refractivity contribution in [3.05, 3.63) is 99.0 Å². The molecule has 7 heteroatoms. The number of hydrogen-bond donors (Lipinski definition) is 0. The zero-order valence-corrected chi connectivity index (χ0v) is 20.1. The molecule has 0 N–H and O–H groups in total. The molecule has 0 unspecified atom stereocenters. The number of benzene rings is 2. The third-order valence-electron chi connectivity index (χ3n) is 6.42. The first-order valence-electron chi connectivity index (χ1n) is 11.6. The maximum atomic E-state index is 6.61. The highest BCUT2D eigenvalue weighted by atomic mass is 35.5. The van der Waals surface area contributed by atoms with Crippen LogP contribution >= 0.6 is 22.9 Å². The van der Waals surface area contributed by atoms with Gasteiger partial charge in [-0.2, -0.15) is 0 Å². The summed E-state index contributed by atoms with van der Waals surface area (Å²) < 4.78 is 2.11. The number of thiophene rings is 1. The number of rotatable bonds is 8. The summed E-state index contributed by atoms with van der Waals surface area (Å²) in [6.07, 6.45) is 6.05. The molecule has 1 atom stereocenters. The van der Waals surface area contributed by atoms with Crippen molar-refractivity contribution in [2.45, 2.75) is 57.3 Å². The lowest BCUT2D eigenvalue weighted by atomic mass is 9.95. The lowest BCUT2D eigenvalue weighted by Crippen LogP contribution is -2.32. The van der Waals surface area contributed by atoms with E-state index in [4.69, 9.17) is 11.6 Å². The fraction of sp³-hybridized carbons (Fsp3) is 0.346. The maximum Gasteiger partial charge on any atom is 0.174 e. The summed E-state index contributed by atoms with van der Waals surface area (Å²) in [6, 6.07) is 23.3. The number of aromatic nitrogens is 4. The van der Waals surface area contributed by atoms with Crippen molar-refractivity contribution in [1.82, 2.24) is 25.1 Å². The molecule has 1 saturated carbocycles. The Balaban J connectivity index is 1.57. The van der Waals surface area contributed by atoms with E-state index in [-0.39, 0.29) is 6.04 Å². The SMILES string of the molecule is Clc1ccccc1CN(Cc1ccccc1)[C@H](c1cccs1)c1nnnn1C1CCCCC1. The van der Waals surface area contributed by atoms with Gasteiger partial charge in [-0.1, -0.05) is 85.5 Å². The van der Waals surface area contributed by atoms with E-state index in [0.29, 0.717) is 12.6 Å². The van der Waals surface area contributed by atoms with E-state index in [2.05, 4.69) is 79.0 Å². The molecule has 0 saturated heterocycles. The van der Waals surface area contributed by atoms with Crippen LogP contribution in [0.25, 0.3) is 0 Å². The van der Waals surface area contributed by atoms with Crippen LogP contribution in [0.2, 0.25) is 5.02 Å². The first-order chi connectivity index (χ1) is 16.3. The molecule has 1 aliphatic rings. The van der Waals surface area contributed by atoms with Crippen LogP contribution in [0.5, 0.6) is 0 Å². The lowest BCUT2D eigenvalue weighted by Gasteiger charge is -2.32. The Bertz CT molecular complexity index is 1140. The highest BCUT2D eigenvalue weighted by Gasteiger charge is 2.32. The lowest BCUT2D eigenvalue weighted by molar-refractivity contribution is 0.190. The Morgan fingerprint density at radius 1 is 0.939 bits per heavy atom. The number of hydrogen-bond acceptors (Lipinski definition) is 5. The minimum Gasteiger partial charge on any atom is -0.280 e. The molecule has 4 aromatic rings. The molecule has 0 radical (unpaired) electrons. The van der Waals surface area contributed by atoms with Crippen molar-refractivity contribution in [2.24, 2.45) is 0 Å². The normalized spacial score (nSPS) is 15.7. The van der Waals surface area contributed by atoms with Crippen LogP contribution in [0.15, 0.2) is 72.1 Å². The minimum absolute atomic E-state index is 0.0570. The number of tetrazole rings is 1. The highest BCUT2D eigenvalue weighted by Crippen LogP contribution is 2.37. The topological polar surface area (TPSA) is 46.8 Å². The van der Waals surface area contributed by atoms with Gasteiger partial charge in [0.05, 0.1) is 6.04 Å². The molecule has 2 aromatic heterocycles. The molecule has 2 aromatic carbocycles.